The Morgan fingerprint density at radius 1 is 0.846 bits per heavy atom. The van der Waals surface area contributed by atoms with E-state index in [4.69, 9.17) is 0 Å². The normalized spacial score (nSPS) is 12.2. The molecule has 1 aliphatic rings. The zero-order chi connectivity index (χ0) is 17.6. The molecule has 4 N–H and O–H groups in total. The van der Waals surface area contributed by atoms with Crippen LogP contribution in [0.5, 0.6) is 0 Å². The maximum absolute atomic E-state index is 11.2. The van der Waals surface area contributed by atoms with Crippen molar-refractivity contribution in [3.63, 3.8) is 0 Å². The highest BCUT2D eigenvalue weighted by Crippen LogP contribution is 2.16. The number of ketones is 2. The summed E-state index contributed by atoms with van der Waals surface area (Å²) in [6.07, 6.45) is 6.32. The number of aromatic nitrogens is 1. The van der Waals surface area contributed by atoms with Crippen molar-refractivity contribution in [3.8, 4) is 0 Å². The zero-order valence-corrected chi connectivity index (χ0v) is 15.0. The lowest BCUT2D eigenvalue weighted by Gasteiger charge is -2.06. The number of carbonyl (C=O) groups is 2. The fourth-order valence-corrected chi connectivity index (χ4v) is 2.88. The molecule has 1 aromatic heterocycles. The number of hydrogen-bond donors (Lipinski definition) is 2. The van der Waals surface area contributed by atoms with Crippen molar-refractivity contribution in [2.75, 3.05) is 0 Å². The first-order valence-corrected chi connectivity index (χ1v) is 8.61. The topological polar surface area (TPSA) is 84.9 Å². The van der Waals surface area contributed by atoms with E-state index in [1.807, 2.05) is 0 Å². The van der Waals surface area contributed by atoms with E-state index in [9.17, 15) is 9.59 Å². The number of benzene rings is 2. The summed E-state index contributed by atoms with van der Waals surface area (Å²) >= 11 is 0. The minimum atomic E-state index is -0.0924. The number of carbonyl (C=O) groups excluding carboxylic acids is 2. The van der Waals surface area contributed by atoms with Gasteiger partial charge in [0.15, 0.2) is 11.6 Å². The number of rotatable bonds is 3. The molecule has 0 amide bonds. The molecule has 0 unspecified atom stereocenters. The molecule has 4 nitrogen and oxygen atoms in total. The number of H-pyrrole nitrogens is 1. The van der Waals surface area contributed by atoms with Crippen LogP contribution in [0.15, 0.2) is 66.7 Å². The fraction of sp³-hybridized carbons (Fsp3) is 0.182. The lowest BCUT2D eigenvalue weighted by molar-refractivity contribution is 0.0994. The first kappa shape index (κ1) is 19.3. The van der Waals surface area contributed by atoms with Gasteiger partial charge in [-0.15, -0.1) is 0 Å². The average Bonchev–Trinajstić information content (AvgIpc) is 3.07. The maximum atomic E-state index is 11.2. The Balaban J connectivity index is 0.000000180. The predicted molar refractivity (Wildman–Crippen MR) is 106 cm³/mol. The Labute approximate surface area is 153 Å². The molecule has 0 bridgehead atoms. The number of fused-ring (bicyclic) bond motifs is 2. The minimum absolute atomic E-state index is 0. The highest BCUT2D eigenvalue weighted by Gasteiger charge is 2.16. The van der Waals surface area contributed by atoms with Crippen LogP contribution in [0.3, 0.4) is 0 Å². The average molecular weight is 348 g/mol. The number of aryl methyl sites for hydroxylation is 1. The van der Waals surface area contributed by atoms with Crippen LogP contribution >= 0.6 is 0 Å². The van der Waals surface area contributed by atoms with Crippen LogP contribution in [-0.4, -0.2) is 16.6 Å². The molecule has 0 spiro atoms. The van der Waals surface area contributed by atoms with Gasteiger partial charge in [-0.05, 0) is 42.5 Å². The van der Waals surface area contributed by atoms with Crippen LogP contribution in [0.25, 0.3) is 10.9 Å². The van der Waals surface area contributed by atoms with Crippen molar-refractivity contribution in [3.05, 3.63) is 83.6 Å². The lowest BCUT2D eigenvalue weighted by Crippen LogP contribution is -2.10. The number of unbranched alkanes of at least 4 members (excludes halogenated alkanes) is 1. The monoisotopic (exact) mass is 348 g/mol. The fourth-order valence-electron chi connectivity index (χ4n) is 2.88. The number of para-hydroxylation sites is 1. The molecular weight excluding hydrogens is 324 g/mol. The predicted octanol–water partition coefficient (Wildman–Crippen LogP) is 5.29. The van der Waals surface area contributed by atoms with Gasteiger partial charge in [0.25, 0.3) is 0 Å². The largest absolute Gasteiger partial charge is 0.358 e. The summed E-state index contributed by atoms with van der Waals surface area (Å²) in [6.45, 7) is 2.22. The molecule has 0 atom stereocenters. The van der Waals surface area contributed by atoms with E-state index in [1.165, 1.54) is 48.0 Å². The van der Waals surface area contributed by atoms with Crippen molar-refractivity contribution in [2.45, 2.75) is 26.2 Å². The standard InChI is InChI=1S/C12H15N.C10H6O2.H3N/c1-2-3-7-11-9-10-6-4-5-8-12(10)13-11;11-9-5-6-10(12)8-4-2-1-3-7(8)9;/h4-6,8-9,13H,2-3,7H2,1H3;1-6H;1H3. The van der Waals surface area contributed by atoms with Gasteiger partial charge in [0.2, 0.25) is 0 Å². The molecule has 2 aromatic carbocycles. The highest BCUT2D eigenvalue weighted by molar-refractivity contribution is 6.21. The van der Waals surface area contributed by atoms with E-state index in [-0.39, 0.29) is 17.7 Å². The third-order valence-corrected chi connectivity index (χ3v) is 4.23. The van der Waals surface area contributed by atoms with Gasteiger partial charge in [-0.3, -0.25) is 9.59 Å². The molecule has 4 heteroatoms. The van der Waals surface area contributed by atoms with E-state index in [2.05, 4.69) is 42.2 Å². The van der Waals surface area contributed by atoms with Crippen LogP contribution in [0.1, 0.15) is 46.2 Å². The minimum Gasteiger partial charge on any atom is -0.358 e. The van der Waals surface area contributed by atoms with Gasteiger partial charge < -0.3 is 11.1 Å². The Morgan fingerprint density at radius 2 is 1.42 bits per heavy atom. The first-order chi connectivity index (χ1) is 12.2. The molecule has 26 heavy (non-hydrogen) atoms. The van der Waals surface area contributed by atoms with Crippen molar-refractivity contribution in [1.82, 2.24) is 11.1 Å². The Kier molecular flexibility index (Phi) is 6.64. The second kappa shape index (κ2) is 8.92. The first-order valence-electron chi connectivity index (χ1n) is 8.61. The van der Waals surface area contributed by atoms with Crippen molar-refractivity contribution >= 4 is 22.5 Å². The molecule has 3 aromatic rings. The summed E-state index contributed by atoms with van der Waals surface area (Å²) in [7, 11) is 0. The Morgan fingerprint density at radius 3 is 2.00 bits per heavy atom. The number of allylic oxidation sites excluding steroid dienone is 2. The smallest absolute Gasteiger partial charge is 0.186 e. The second-order valence-corrected chi connectivity index (χ2v) is 6.09. The quantitative estimate of drug-likeness (QED) is 0.674. The number of nitrogens with one attached hydrogen (secondary N) is 1. The van der Waals surface area contributed by atoms with E-state index >= 15 is 0 Å². The van der Waals surface area contributed by atoms with Gasteiger partial charge in [-0.1, -0.05) is 55.8 Å². The summed E-state index contributed by atoms with van der Waals surface area (Å²) in [5.41, 5.74) is 3.63. The Bertz CT molecular complexity index is 868. The molecular formula is C22H24N2O2. The summed E-state index contributed by atoms with van der Waals surface area (Å²) in [5, 5.41) is 1.33. The molecule has 0 saturated heterocycles. The molecule has 0 fully saturated rings. The summed E-state index contributed by atoms with van der Waals surface area (Å²) in [5.74, 6) is -0.185. The summed E-state index contributed by atoms with van der Waals surface area (Å²) in [4.78, 5) is 25.8. The highest BCUT2D eigenvalue weighted by atomic mass is 16.1. The second-order valence-electron chi connectivity index (χ2n) is 6.09. The van der Waals surface area contributed by atoms with Crippen LogP contribution in [0.2, 0.25) is 0 Å². The van der Waals surface area contributed by atoms with Gasteiger partial charge in [0.1, 0.15) is 0 Å². The van der Waals surface area contributed by atoms with Gasteiger partial charge in [-0.25, -0.2) is 0 Å². The van der Waals surface area contributed by atoms with E-state index in [0.717, 1.165) is 0 Å². The van der Waals surface area contributed by atoms with Gasteiger partial charge >= 0.3 is 0 Å². The Hall–Kier alpha value is -2.98. The molecule has 1 heterocycles. The van der Waals surface area contributed by atoms with E-state index < -0.39 is 0 Å². The van der Waals surface area contributed by atoms with Gasteiger partial charge in [-0.2, -0.15) is 0 Å². The molecule has 0 aliphatic heterocycles. The lowest BCUT2D eigenvalue weighted by atomic mass is 9.95. The van der Waals surface area contributed by atoms with Crippen molar-refractivity contribution < 1.29 is 9.59 Å². The van der Waals surface area contributed by atoms with E-state index in [0.29, 0.717) is 11.1 Å². The zero-order valence-electron chi connectivity index (χ0n) is 15.0. The molecule has 134 valence electrons. The molecule has 0 saturated carbocycles. The maximum Gasteiger partial charge on any atom is 0.186 e. The molecule has 4 rings (SSSR count). The third-order valence-electron chi connectivity index (χ3n) is 4.23. The summed E-state index contributed by atoms with van der Waals surface area (Å²) < 4.78 is 0. The summed E-state index contributed by atoms with van der Waals surface area (Å²) in [6, 6.07) is 17.5. The van der Waals surface area contributed by atoms with Crippen molar-refractivity contribution in [1.29, 1.82) is 0 Å². The van der Waals surface area contributed by atoms with Crippen molar-refractivity contribution in [2.24, 2.45) is 0 Å². The van der Waals surface area contributed by atoms with Crippen LogP contribution in [-0.2, 0) is 6.42 Å². The van der Waals surface area contributed by atoms with Crippen LogP contribution < -0.4 is 6.15 Å². The third kappa shape index (κ3) is 4.35. The van der Waals surface area contributed by atoms with Crippen LogP contribution in [0, 0.1) is 0 Å². The van der Waals surface area contributed by atoms with Crippen LogP contribution in [0.4, 0.5) is 0 Å². The number of hydrogen-bond acceptors (Lipinski definition) is 3. The number of aromatic amines is 1. The van der Waals surface area contributed by atoms with Gasteiger partial charge in [0, 0.05) is 22.3 Å². The molecule has 0 radical (unpaired) electrons. The van der Waals surface area contributed by atoms with E-state index in [1.54, 1.807) is 24.3 Å². The SMILES string of the molecule is CCCCc1cc2ccccc2[nH]1.N.O=C1C=CC(=O)c2ccccc21. The molecule has 1 aliphatic carbocycles. The van der Waals surface area contributed by atoms with Gasteiger partial charge in [0.05, 0.1) is 0 Å².